The fourth-order valence-electron chi connectivity index (χ4n) is 3.10. The number of amides is 3. The Morgan fingerprint density at radius 1 is 0.893 bits per heavy atom. The van der Waals surface area contributed by atoms with E-state index in [0.717, 1.165) is 4.47 Å². The van der Waals surface area contributed by atoms with E-state index >= 15 is 0 Å². The van der Waals surface area contributed by atoms with Gasteiger partial charge in [-0.2, -0.15) is 0 Å². The van der Waals surface area contributed by atoms with Crippen LogP contribution in [-0.4, -0.2) is 48.3 Å². The van der Waals surface area contributed by atoms with E-state index in [1.165, 1.54) is 0 Å². The van der Waals surface area contributed by atoms with Crippen LogP contribution >= 0.6 is 15.9 Å². The highest BCUT2D eigenvalue weighted by Gasteiger charge is 2.24. The summed E-state index contributed by atoms with van der Waals surface area (Å²) >= 11 is 3.35. The lowest BCUT2D eigenvalue weighted by atomic mass is 10.0. The maximum Gasteiger partial charge on any atom is 0.251 e. The number of carbonyl (C=O) groups is 3. The third kappa shape index (κ3) is 5.42. The first-order valence-corrected chi connectivity index (χ1v) is 9.99. The lowest BCUT2D eigenvalue weighted by Gasteiger charge is -2.32. The van der Waals surface area contributed by atoms with E-state index in [0.29, 0.717) is 37.1 Å². The Morgan fingerprint density at radius 2 is 1.50 bits per heavy atom. The minimum atomic E-state index is -0.259. The maximum absolute atomic E-state index is 12.3. The molecule has 0 unspecified atom stereocenters. The van der Waals surface area contributed by atoms with E-state index in [9.17, 15) is 14.4 Å². The second kappa shape index (κ2) is 9.50. The molecular formula is C21H22BrN3O3. The zero-order chi connectivity index (χ0) is 19.9. The van der Waals surface area contributed by atoms with E-state index in [1.807, 2.05) is 18.2 Å². The van der Waals surface area contributed by atoms with Gasteiger partial charge in [0.25, 0.3) is 11.8 Å². The smallest absolute Gasteiger partial charge is 0.251 e. The molecule has 1 heterocycles. The lowest BCUT2D eigenvalue weighted by Crippen LogP contribution is -2.49. The molecule has 0 saturated carbocycles. The minimum Gasteiger partial charge on any atom is -0.349 e. The average molecular weight is 444 g/mol. The van der Waals surface area contributed by atoms with Gasteiger partial charge in [-0.3, -0.25) is 14.4 Å². The molecule has 28 heavy (non-hydrogen) atoms. The Kier molecular flexibility index (Phi) is 6.81. The van der Waals surface area contributed by atoms with Gasteiger partial charge >= 0.3 is 0 Å². The molecule has 7 heteroatoms. The van der Waals surface area contributed by atoms with Crippen LogP contribution in [0.3, 0.4) is 0 Å². The zero-order valence-electron chi connectivity index (χ0n) is 15.4. The molecule has 3 rings (SSSR count). The Balaban J connectivity index is 1.42. The molecule has 0 bridgehead atoms. The highest BCUT2D eigenvalue weighted by Crippen LogP contribution is 2.13. The van der Waals surface area contributed by atoms with Gasteiger partial charge in [-0.05, 0) is 49.2 Å². The van der Waals surface area contributed by atoms with Crippen LogP contribution in [0.2, 0.25) is 0 Å². The molecule has 0 atom stereocenters. The number of rotatable bonds is 5. The van der Waals surface area contributed by atoms with Crippen molar-refractivity contribution in [2.45, 2.75) is 18.9 Å². The Hall–Kier alpha value is -2.67. The van der Waals surface area contributed by atoms with E-state index in [4.69, 9.17) is 0 Å². The van der Waals surface area contributed by atoms with Crippen molar-refractivity contribution in [1.82, 2.24) is 15.5 Å². The van der Waals surface area contributed by atoms with Gasteiger partial charge < -0.3 is 15.5 Å². The third-order valence-corrected chi connectivity index (χ3v) is 5.25. The largest absolute Gasteiger partial charge is 0.349 e. The van der Waals surface area contributed by atoms with Crippen molar-refractivity contribution < 1.29 is 14.4 Å². The molecular weight excluding hydrogens is 422 g/mol. The van der Waals surface area contributed by atoms with Crippen molar-refractivity contribution in [2.75, 3.05) is 19.6 Å². The number of hydrogen-bond donors (Lipinski definition) is 2. The molecule has 2 aromatic rings. The number of likely N-dealkylation sites (tertiary alicyclic amines) is 1. The third-order valence-electron chi connectivity index (χ3n) is 4.73. The van der Waals surface area contributed by atoms with Crippen molar-refractivity contribution >= 4 is 33.7 Å². The summed E-state index contributed by atoms with van der Waals surface area (Å²) < 4.78 is 0.926. The van der Waals surface area contributed by atoms with Gasteiger partial charge in [0.05, 0.1) is 6.54 Å². The number of hydrogen-bond acceptors (Lipinski definition) is 3. The first-order valence-electron chi connectivity index (χ1n) is 9.20. The van der Waals surface area contributed by atoms with Crippen molar-refractivity contribution in [2.24, 2.45) is 0 Å². The zero-order valence-corrected chi connectivity index (χ0v) is 16.9. The fraction of sp³-hybridized carbons (Fsp3) is 0.286. The number of benzene rings is 2. The Bertz CT molecular complexity index is 832. The molecule has 0 aliphatic carbocycles. The van der Waals surface area contributed by atoms with Crippen molar-refractivity contribution in [3.63, 3.8) is 0 Å². The molecule has 2 aromatic carbocycles. The molecule has 146 valence electrons. The van der Waals surface area contributed by atoms with Gasteiger partial charge in [0.1, 0.15) is 0 Å². The van der Waals surface area contributed by atoms with Crippen molar-refractivity contribution in [1.29, 1.82) is 0 Å². The molecule has 1 fully saturated rings. The van der Waals surface area contributed by atoms with E-state index in [-0.39, 0.29) is 30.3 Å². The number of nitrogens with one attached hydrogen (secondary N) is 2. The Morgan fingerprint density at radius 3 is 2.14 bits per heavy atom. The molecule has 0 spiro atoms. The lowest BCUT2D eigenvalue weighted by molar-refractivity contribution is -0.131. The fourth-order valence-corrected chi connectivity index (χ4v) is 3.37. The normalized spacial score (nSPS) is 14.4. The quantitative estimate of drug-likeness (QED) is 0.745. The van der Waals surface area contributed by atoms with Gasteiger partial charge in [0.2, 0.25) is 5.91 Å². The van der Waals surface area contributed by atoms with Gasteiger partial charge in [-0.25, -0.2) is 0 Å². The summed E-state index contributed by atoms with van der Waals surface area (Å²) in [5.41, 5.74) is 1.15. The van der Waals surface area contributed by atoms with Gasteiger partial charge in [0.15, 0.2) is 0 Å². The second-order valence-corrected chi connectivity index (χ2v) is 7.60. The van der Waals surface area contributed by atoms with Crippen LogP contribution < -0.4 is 10.6 Å². The van der Waals surface area contributed by atoms with E-state index < -0.39 is 0 Å². The monoisotopic (exact) mass is 443 g/mol. The van der Waals surface area contributed by atoms with Crippen LogP contribution in [0.5, 0.6) is 0 Å². The van der Waals surface area contributed by atoms with Gasteiger partial charge in [-0.1, -0.05) is 34.1 Å². The molecule has 6 nitrogen and oxygen atoms in total. The van der Waals surface area contributed by atoms with Crippen molar-refractivity contribution in [3.05, 3.63) is 70.2 Å². The Labute approximate surface area is 172 Å². The van der Waals surface area contributed by atoms with E-state index in [1.54, 1.807) is 41.3 Å². The molecule has 2 N–H and O–H groups in total. The average Bonchev–Trinajstić information content (AvgIpc) is 2.73. The summed E-state index contributed by atoms with van der Waals surface area (Å²) in [6.07, 6.45) is 1.39. The molecule has 1 aliphatic rings. The number of nitrogens with zero attached hydrogens (tertiary/aromatic N) is 1. The SMILES string of the molecule is O=C(NCC(=O)N1CCC(NC(=O)c2ccc(Br)cc2)CC1)c1ccccc1. The van der Waals surface area contributed by atoms with Crippen LogP contribution in [0.15, 0.2) is 59.1 Å². The molecule has 3 amide bonds. The summed E-state index contributed by atoms with van der Waals surface area (Å²) in [6.45, 7) is 1.10. The van der Waals surface area contributed by atoms with Crippen LogP contribution in [0.4, 0.5) is 0 Å². The highest BCUT2D eigenvalue weighted by molar-refractivity contribution is 9.10. The van der Waals surface area contributed by atoms with Crippen LogP contribution in [0.1, 0.15) is 33.6 Å². The topological polar surface area (TPSA) is 78.5 Å². The van der Waals surface area contributed by atoms with Crippen LogP contribution in [-0.2, 0) is 4.79 Å². The maximum atomic E-state index is 12.3. The highest BCUT2D eigenvalue weighted by atomic mass is 79.9. The number of carbonyl (C=O) groups excluding carboxylic acids is 3. The predicted molar refractivity (Wildman–Crippen MR) is 110 cm³/mol. The first kappa shape index (κ1) is 20.1. The standard InChI is InChI=1S/C21H22BrN3O3/c22-17-8-6-16(7-9-17)21(28)24-18-10-12-25(13-11-18)19(26)14-23-20(27)15-4-2-1-3-5-15/h1-9,18H,10-14H2,(H,23,27)(H,24,28). The van der Waals surface area contributed by atoms with Crippen LogP contribution in [0, 0.1) is 0 Å². The summed E-state index contributed by atoms with van der Waals surface area (Å²) in [4.78, 5) is 38.4. The molecule has 1 aliphatic heterocycles. The molecule has 1 saturated heterocycles. The predicted octanol–water partition coefficient (Wildman–Crippen LogP) is 2.60. The summed E-state index contributed by atoms with van der Waals surface area (Å²) in [5.74, 6) is -0.472. The number of halogens is 1. The second-order valence-electron chi connectivity index (χ2n) is 6.68. The van der Waals surface area contributed by atoms with Gasteiger partial charge in [-0.15, -0.1) is 0 Å². The minimum absolute atomic E-state index is 0.0242. The first-order chi connectivity index (χ1) is 13.5. The summed E-state index contributed by atoms with van der Waals surface area (Å²) in [5, 5.41) is 5.69. The summed E-state index contributed by atoms with van der Waals surface area (Å²) in [7, 11) is 0. The van der Waals surface area contributed by atoms with E-state index in [2.05, 4.69) is 26.6 Å². The summed E-state index contributed by atoms with van der Waals surface area (Å²) in [6, 6.07) is 16.1. The molecule has 0 radical (unpaired) electrons. The molecule has 0 aromatic heterocycles. The van der Waals surface area contributed by atoms with Crippen LogP contribution in [0.25, 0.3) is 0 Å². The number of piperidine rings is 1. The van der Waals surface area contributed by atoms with Crippen molar-refractivity contribution in [3.8, 4) is 0 Å². The van der Waals surface area contributed by atoms with Gasteiger partial charge in [0, 0.05) is 34.7 Å².